The summed E-state index contributed by atoms with van der Waals surface area (Å²) in [5.41, 5.74) is 13.6. The summed E-state index contributed by atoms with van der Waals surface area (Å²) in [6, 6.07) is 9.83. The summed E-state index contributed by atoms with van der Waals surface area (Å²) in [5, 5.41) is 10.1. The molecule has 2 atom stereocenters. The molecule has 0 heterocycles. The molecule has 1 saturated carbocycles. The highest BCUT2D eigenvalue weighted by atomic mass is 16.3. The van der Waals surface area contributed by atoms with Gasteiger partial charge in [-0.25, -0.2) is 0 Å². The molecule has 0 saturated heterocycles. The Kier molecular flexibility index (Phi) is 7.16. The normalized spacial score (nSPS) is 19.3. The Labute approximate surface area is 128 Å². The van der Waals surface area contributed by atoms with Gasteiger partial charge < -0.3 is 10.8 Å². The van der Waals surface area contributed by atoms with Gasteiger partial charge in [0.15, 0.2) is 0 Å². The first kappa shape index (κ1) is 16.4. The van der Waals surface area contributed by atoms with Crippen LogP contribution in [0.1, 0.15) is 37.7 Å². The van der Waals surface area contributed by atoms with Crippen LogP contribution in [0.5, 0.6) is 0 Å². The molecule has 21 heavy (non-hydrogen) atoms. The lowest BCUT2D eigenvalue weighted by atomic mass is 9.89. The third kappa shape index (κ3) is 6.14. The Morgan fingerprint density at radius 2 is 1.81 bits per heavy atom. The lowest BCUT2D eigenvalue weighted by Gasteiger charge is -2.23. The lowest BCUT2D eigenvalue weighted by Crippen LogP contribution is -2.47. The van der Waals surface area contributed by atoms with Crippen molar-refractivity contribution in [3.05, 3.63) is 35.9 Å². The molecule has 4 nitrogen and oxygen atoms in total. The second-order valence-corrected chi connectivity index (χ2v) is 6.19. The van der Waals surface area contributed by atoms with Crippen molar-refractivity contribution in [3.8, 4) is 0 Å². The number of nitrogens with one attached hydrogen (secondary N) is 2. The minimum Gasteiger partial charge on any atom is -0.390 e. The molecule has 1 aliphatic carbocycles. The predicted octanol–water partition coefficient (Wildman–Crippen LogP) is 1.59. The zero-order valence-electron chi connectivity index (χ0n) is 12.8. The van der Waals surface area contributed by atoms with E-state index in [0.717, 1.165) is 12.5 Å². The Morgan fingerprint density at radius 3 is 2.52 bits per heavy atom. The molecule has 0 amide bonds. The van der Waals surface area contributed by atoms with Crippen LogP contribution in [0.2, 0.25) is 0 Å². The number of hydrogen-bond acceptors (Lipinski definition) is 4. The van der Waals surface area contributed by atoms with Gasteiger partial charge in [0.2, 0.25) is 0 Å². The smallest absolute Gasteiger partial charge is 0.0832 e. The highest BCUT2D eigenvalue weighted by Crippen LogP contribution is 2.22. The first-order valence-corrected chi connectivity index (χ1v) is 8.19. The number of hydrogen-bond donors (Lipinski definition) is 4. The van der Waals surface area contributed by atoms with Crippen LogP contribution >= 0.6 is 0 Å². The number of hydrazine groups is 1. The van der Waals surface area contributed by atoms with E-state index in [1.165, 1.54) is 37.7 Å². The molecule has 1 aromatic rings. The maximum Gasteiger partial charge on any atom is 0.0832 e. The molecule has 5 N–H and O–H groups in total. The SMILES string of the molecule is NC(Cc1ccccc1)C(O)CNNCC1CCCCC1. The minimum absolute atomic E-state index is 0.239. The van der Waals surface area contributed by atoms with Crippen molar-refractivity contribution >= 4 is 0 Å². The summed E-state index contributed by atoms with van der Waals surface area (Å²) in [6.07, 6.45) is 6.91. The van der Waals surface area contributed by atoms with Gasteiger partial charge in [-0.2, -0.15) is 0 Å². The van der Waals surface area contributed by atoms with Crippen molar-refractivity contribution in [1.29, 1.82) is 0 Å². The maximum atomic E-state index is 10.1. The highest BCUT2D eigenvalue weighted by molar-refractivity contribution is 5.16. The summed E-state index contributed by atoms with van der Waals surface area (Å²) in [5.74, 6) is 0.779. The molecule has 0 spiro atoms. The summed E-state index contributed by atoms with van der Waals surface area (Å²) < 4.78 is 0. The fourth-order valence-corrected chi connectivity index (χ4v) is 2.96. The van der Waals surface area contributed by atoms with Crippen LogP contribution in [0.4, 0.5) is 0 Å². The lowest BCUT2D eigenvalue weighted by molar-refractivity contribution is 0.135. The van der Waals surface area contributed by atoms with Crippen LogP contribution in [0.25, 0.3) is 0 Å². The van der Waals surface area contributed by atoms with Crippen molar-refractivity contribution in [2.24, 2.45) is 11.7 Å². The molecule has 2 rings (SSSR count). The molecule has 0 aliphatic heterocycles. The Hall–Kier alpha value is -0.940. The van der Waals surface area contributed by atoms with E-state index in [1.807, 2.05) is 30.3 Å². The van der Waals surface area contributed by atoms with Gasteiger partial charge in [0.1, 0.15) is 0 Å². The van der Waals surface area contributed by atoms with E-state index in [2.05, 4.69) is 10.9 Å². The van der Waals surface area contributed by atoms with Gasteiger partial charge in [-0.05, 0) is 30.7 Å². The zero-order chi connectivity index (χ0) is 14.9. The molecule has 4 heteroatoms. The van der Waals surface area contributed by atoms with Gasteiger partial charge >= 0.3 is 0 Å². The molecular formula is C17H29N3O. The number of nitrogens with two attached hydrogens (primary N) is 1. The van der Waals surface area contributed by atoms with Crippen LogP contribution in [0.3, 0.4) is 0 Å². The number of aliphatic hydroxyl groups excluding tert-OH is 1. The first-order valence-electron chi connectivity index (χ1n) is 8.19. The molecule has 0 aromatic heterocycles. The van der Waals surface area contributed by atoms with Crippen molar-refractivity contribution in [2.45, 2.75) is 50.7 Å². The quantitative estimate of drug-likeness (QED) is 0.434. The first-order chi connectivity index (χ1) is 10.3. The van der Waals surface area contributed by atoms with Crippen LogP contribution < -0.4 is 16.6 Å². The van der Waals surface area contributed by atoms with Gasteiger partial charge in [0.05, 0.1) is 6.10 Å². The molecule has 0 bridgehead atoms. The van der Waals surface area contributed by atoms with E-state index >= 15 is 0 Å². The fourth-order valence-electron chi connectivity index (χ4n) is 2.96. The van der Waals surface area contributed by atoms with Gasteiger partial charge in [-0.15, -0.1) is 0 Å². The van der Waals surface area contributed by atoms with E-state index in [4.69, 9.17) is 5.73 Å². The molecular weight excluding hydrogens is 262 g/mol. The topological polar surface area (TPSA) is 70.3 Å². The average Bonchev–Trinajstić information content (AvgIpc) is 2.53. The third-order valence-corrected chi connectivity index (χ3v) is 4.36. The molecule has 2 unspecified atom stereocenters. The van der Waals surface area contributed by atoms with Crippen LogP contribution in [-0.2, 0) is 6.42 Å². The van der Waals surface area contributed by atoms with Gasteiger partial charge in [-0.1, -0.05) is 49.6 Å². The monoisotopic (exact) mass is 291 g/mol. The number of aliphatic hydroxyl groups is 1. The molecule has 1 aromatic carbocycles. The number of benzene rings is 1. The van der Waals surface area contributed by atoms with Crippen LogP contribution in [0.15, 0.2) is 30.3 Å². The Bertz CT molecular complexity index is 379. The summed E-state index contributed by atoms with van der Waals surface area (Å²) in [7, 11) is 0. The van der Waals surface area contributed by atoms with Crippen LogP contribution in [-0.4, -0.2) is 30.3 Å². The van der Waals surface area contributed by atoms with Crippen LogP contribution in [0, 0.1) is 5.92 Å². The second-order valence-electron chi connectivity index (χ2n) is 6.19. The van der Waals surface area contributed by atoms with Crippen molar-refractivity contribution in [2.75, 3.05) is 13.1 Å². The van der Waals surface area contributed by atoms with Crippen molar-refractivity contribution in [1.82, 2.24) is 10.9 Å². The van der Waals surface area contributed by atoms with E-state index in [9.17, 15) is 5.11 Å². The van der Waals surface area contributed by atoms with Crippen molar-refractivity contribution < 1.29 is 5.11 Å². The van der Waals surface area contributed by atoms with E-state index in [0.29, 0.717) is 13.0 Å². The highest BCUT2D eigenvalue weighted by Gasteiger charge is 2.16. The third-order valence-electron chi connectivity index (χ3n) is 4.36. The largest absolute Gasteiger partial charge is 0.390 e. The predicted molar refractivity (Wildman–Crippen MR) is 86.7 cm³/mol. The van der Waals surface area contributed by atoms with E-state index in [-0.39, 0.29) is 6.04 Å². The fraction of sp³-hybridized carbons (Fsp3) is 0.647. The Morgan fingerprint density at radius 1 is 1.10 bits per heavy atom. The summed E-state index contributed by atoms with van der Waals surface area (Å²) >= 11 is 0. The van der Waals surface area contributed by atoms with Gasteiger partial charge in [0, 0.05) is 19.1 Å². The van der Waals surface area contributed by atoms with Gasteiger partial charge in [-0.3, -0.25) is 10.9 Å². The van der Waals surface area contributed by atoms with Gasteiger partial charge in [0.25, 0.3) is 0 Å². The second kappa shape index (κ2) is 9.15. The summed E-state index contributed by atoms with van der Waals surface area (Å²) in [6.45, 7) is 1.47. The van der Waals surface area contributed by atoms with Crippen molar-refractivity contribution in [3.63, 3.8) is 0 Å². The van der Waals surface area contributed by atoms with E-state index in [1.54, 1.807) is 0 Å². The van der Waals surface area contributed by atoms with E-state index < -0.39 is 6.10 Å². The average molecular weight is 291 g/mol. The Balaban J connectivity index is 1.59. The maximum absolute atomic E-state index is 10.1. The molecule has 1 fully saturated rings. The standard InChI is InChI=1S/C17H29N3O/c18-16(11-14-7-3-1-4-8-14)17(21)13-20-19-12-15-9-5-2-6-10-15/h1,3-4,7-8,15-17,19-21H,2,5-6,9-13,18H2. The molecule has 1 aliphatic rings. The summed E-state index contributed by atoms with van der Waals surface area (Å²) in [4.78, 5) is 0. The molecule has 118 valence electrons. The zero-order valence-corrected chi connectivity index (χ0v) is 12.8. The molecule has 0 radical (unpaired) electrons. The minimum atomic E-state index is -0.538. The number of rotatable bonds is 8.